The predicted octanol–water partition coefficient (Wildman–Crippen LogP) is 1.47. The highest BCUT2D eigenvalue weighted by Gasteiger charge is 2.27. The molecule has 1 amide bonds. The van der Waals surface area contributed by atoms with Crippen LogP contribution in [0.1, 0.15) is 40.2 Å². The van der Waals surface area contributed by atoms with E-state index in [1.54, 1.807) is 0 Å². The van der Waals surface area contributed by atoms with E-state index < -0.39 is 0 Å². The second-order valence-electron chi connectivity index (χ2n) is 7.01. The molecule has 0 bridgehead atoms. The van der Waals surface area contributed by atoms with Gasteiger partial charge < -0.3 is 19.5 Å². The fraction of sp³-hybridized carbons (Fsp3) is 0.611. The summed E-state index contributed by atoms with van der Waals surface area (Å²) in [5, 5.41) is 7.82. The molecule has 3 heterocycles. The van der Waals surface area contributed by atoms with E-state index in [2.05, 4.69) is 27.4 Å². The molecule has 2 aromatic heterocycles. The van der Waals surface area contributed by atoms with Crippen LogP contribution in [0, 0.1) is 6.92 Å². The monoisotopic (exact) mass is 344 g/mol. The Labute approximate surface area is 146 Å². The number of aromatic nitrogens is 2. The van der Waals surface area contributed by atoms with Gasteiger partial charge in [0.05, 0.1) is 29.4 Å². The van der Waals surface area contributed by atoms with Crippen LogP contribution in [0.15, 0.2) is 4.52 Å². The number of fused-ring (bicyclic) bond motifs is 2. The van der Waals surface area contributed by atoms with E-state index in [-0.39, 0.29) is 12.0 Å². The van der Waals surface area contributed by atoms with Crippen LogP contribution in [0.4, 0.5) is 0 Å². The van der Waals surface area contributed by atoms with Crippen molar-refractivity contribution < 1.29 is 14.1 Å². The number of rotatable bonds is 4. The Morgan fingerprint density at radius 2 is 2.28 bits per heavy atom. The molecule has 1 aliphatic heterocycles. The molecule has 1 saturated heterocycles. The minimum atomic E-state index is -0.0546. The van der Waals surface area contributed by atoms with Crippen molar-refractivity contribution in [1.82, 2.24) is 20.4 Å². The first kappa shape index (κ1) is 16.5. The fourth-order valence-corrected chi connectivity index (χ4v) is 3.84. The zero-order valence-corrected chi connectivity index (χ0v) is 14.8. The molecular formula is C18H24N4O3. The van der Waals surface area contributed by atoms with Crippen LogP contribution in [-0.4, -0.2) is 60.3 Å². The average Bonchev–Trinajstić information content (AvgIpc) is 3.20. The highest BCUT2D eigenvalue weighted by atomic mass is 16.5. The summed E-state index contributed by atoms with van der Waals surface area (Å²) in [5.74, 6) is -0.0546. The van der Waals surface area contributed by atoms with E-state index in [4.69, 9.17) is 9.26 Å². The number of aryl methyl sites for hydroxylation is 2. The van der Waals surface area contributed by atoms with Gasteiger partial charge in [-0.15, -0.1) is 0 Å². The van der Waals surface area contributed by atoms with Crippen LogP contribution in [0.2, 0.25) is 0 Å². The molecule has 0 saturated carbocycles. The third kappa shape index (κ3) is 3.14. The van der Waals surface area contributed by atoms with Crippen molar-refractivity contribution >= 4 is 17.0 Å². The fourth-order valence-electron chi connectivity index (χ4n) is 3.84. The van der Waals surface area contributed by atoms with E-state index in [9.17, 15) is 4.79 Å². The average molecular weight is 344 g/mol. The molecule has 0 spiro atoms. The van der Waals surface area contributed by atoms with Gasteiger partial charge in [-0.1, -0.05) is 5.16 Å². The topological polar surface area (TPSA) is 80.5 Å². The van der Waals surface area contributed by atoms with Crippen LogP contribution in [-0.2, 0) is 17.6 Å². The van der Waals surface area contributed by atoms with E-state index >= 15 is 0 Å². The van der Waals surface area contributed by atoms with Gasteiger partial charge in [0.1, 0.15) is 0 Å². The number of pyridine rings is 1. The van der Waals surface area contributed by atoms with Gasteiger partial charge in [0, 0.05) is 25.3 Å². The summed E-state index contributed by atoms with van der Waals surface area (Å²) in [6.45, 7) is 5.09. The van der Waals surface area contributed by atoms with Crippen LogP contribution in [0.5, 0.6) is 0 Å². The maximum Gasteiger partial charge on any atom is 0.259 e. The Morgan fingerprint density at radius 1 is 1.40 bits per heavy atom. The molecule has 7 nitrogen and oxygen atoms in total. The summed E-state index contributed by atoms with van der Waals surface area (Å²) >= 11 is 0. The van der Waals surface area contributed by atoms with Crippen molar-refractivity contribution in [3.05, 3.63) is 22.5 Å². The van der Waals surface area contributed by atoms with E-state index in [1.165, 1.54) is 0 Å². The second-order valence-corrected chi connectivity index (χ2v) is 7.01. The summed E-state index contributed by atoms with van der Waals surface area (Å²) < 4.78 is 11.1. The minimum absolute atomic E-state index is 0.0546. The lowest BCUT2D eigenvalue weighted by Crippen LogP contribution is -2.41. The standard InChI is InChI=1S/C18H24N4O3/c1-11-15-16(13-4-3-5-14(13)20-18(15)25-21-11)17(23)19-7-6-12-10-22(2)8-9-24-12/h12H,3-10H2,1-2H3,(H,19,23)/t12-/m0/s1. The van der Waals surface area contributed by atoms with Gasteiger partial charge >= 0.3 is 0 Å². The molecule has 2 aromatic rings. The van der Waals surface area contributed by atoms with Gasteiger partial charge in [-0.2, -0.15) is 0 Å². The van der Waals surface area contributed by atoms with Crippen LogP contribution in [0.3, 0.4) is 0 Å². The summed E-state index contributed by atoms with van der Waals surface area (Å²) in [5.41, 5.74) is 3.94. The zero-order valence-electron chi connectivity index (χ0n) is 14.8. The highest BCUT2D eigenvalue weighted by Crippen LogP contribution is 2.31. The lowest BCUT2D eigenvalue weighted by Gasteiger charge is -2.30. The highest BCUT2D eigenvalue weighted by molar-refractivity contribution is 6.07. The number of carbonyl (C=O) groups excluding carboxylic acids is 1. The van der Waals surface area contributed by atoms with Gasteiger partial charge in [0.25, 0.3) is 11.6 Å². The Bertz CT molecular complexity index is 801. The van der Waals surface area contributed by atoms with Gasteiger partial charge in [-0.25, -0.2) is 4.98 Å². The summed E-state index contributed by atoms with van der Waals surface area (Å²) in [6.07, 6.45) is 3.81. The number of morpholine rings is 1. The lowest BCUT2D eigenvalue weighted by atomic mass is 10.0. The normalized spacial score (nSPS) is 20.8. The maximum absolute atomic E-state index is 12.9. The third-order valence-corrected chi connectivity index (χ3v) is 5.14. The van der Waals surface area contributed by atoms with Crippen molar-refractivity contribution in [2.45, 2.75) is 38.7 Å². The van der Waals surface area contributed by atoms with Gasteiger partial charge in [-0.05, 0) is 45.2 Å². The summed E-state index contributed by atoms with van der Waals surface area (Å²) in [4.78, 5) is 19.7. The lowest BCUT2D eigenvalue weighted by molar-refractivity contribution is -0.0225. The van der Waals surface area contributed by atoms with Crippen molar-refractivity contribution in [2.24, 2.45) is 0 Å². The molecule has 1 atom stereocenters. The van der Waals surface area contributed by atoms with Gasteiger partial charge in [0.15, 0.2) is 0 Å². The third-order valence-electron chi connectivity index (χ3n) is 5.14. The Kier molecular flexibility index (Phi) is 4.43. The number of amides is 1. The maximum atomic E-state index is 12.9. The summed E-state index contributed by atoms with van der Waals surface area (Å²) in [7, 11) is 2.10. The molecule has 1 N–H and O–H groups in total. The van der Waals surface area contributed by atoms with Crippen LogP contribution >= 0.6 is 0 Å². The molecular weight excluding hydrogens is 320 g/mol. The number of hydrogen-bond donors (Lipinski definition) is 1. The second kappa shape index (κ2) is 6.72. The molecule has 1 aliphatic carbocycles. The quantitative estimate of drug-likeness (QED) is 0.905. The number of nitrogens with one attached hydrogen (secondary N) is 1. The first-order chi connectivity index (χ1) is 12.1. The molecule has 0 unspecified atom stereocenters. The molecule has 7 heteroatoms. The molecule has 2 aliphatic rings. The van der Waals surface area contributed by atoms with Crippen molar-refractivity contribution in [3.8, 4) is 0 Å². The number of carbonyl (C=O) groups is 1. The van der Waals surface area contributed by atoms with Gasteiger partial charge in [0.2, 0.25) is 0 Å². The Morgan fingerprint density at radius 3 is 3.12 bits per heavy atom. The minimum Gasteiger partial charge on any atom is -0.375 e. The smallest absolute Gasteiger partial charge is 0.259 e. The molecule has 4 rings (SSSR count). The first-order valence-corrected chi connectivity index (χ1v) is 8.99. The molecule has 0 aromatic carbocycles. The Balaban J connectivity index is 1.51. The van der Waals surface area contributed by atoms with Crippen molar-refractivity contribution in [3.63, 3.8) is 0 Å². The number of nitrogens with zero attached hydrogens (tertiary/aromatic N) is 3. The molecule has 1 fully saturated rings. The van der Waals surface area contributed by atoms with Gasteiger partial charge in [-0.3, -0.25) is 4.79 Å². The zero-order chi connectivity index (χ0) is 17.4. The molecule has 25 heavy (non-hydrogen) atoms. The van der Waals surface area contributed by atoms with Crippen molar-refractivity contribution in [1.29, 1.82) is 0 Å². The molecule has 134 valence electrons. The number of hydrogen-bond acceptors (Lipinski definition) is 6. The predicted molar refractivity (Wildman–Crippen MR) is 92.8 cm³/mol. The number of likely N-dealkylation sites (N-methyl/N-ethyl adjacent to an activating group) is 1. The van der Waals surface area contributed by atoms with Crippen molar-refractivity contribution in [2.75, 3.05) is 33.3 Å². The first-order valence-electron chi connectivity index (χ1n) is 8.99. The molecule has 0 radical (unpaired) electrons. The van der Waals surface area contributed by atoms with E-state index in [1.807, 2.05) is 6.92 Å². The summed E-state index contributed by atoms with van der Waals surface area (Å²) in [6, 6.07) is 0. The Hall–Kier alpha value is -1.99. The van der Waals surface area contributed by atoms with Crippen LogP contribution < -0.4 is 5.32 Å². The van der Waals surface area contributed by atoms with E-state index in [0.29, 0.717) is 17.8 Å². The SMILES string of the molecule is Cc1noc2nc3c(c(C(=O)NCC[C@H]4CN(C)CCO4)c12)CCC3. The van der Waals surface area contributed by atoms with E-state index in [0.717, 1.165) is 67.7 Å². The number of ether oxygens (including phenoxy) is 1. The largest absolute Gasteiger partial charge is 0.375 e. The van der Waals surface area contributed by atoms with Crippen LogP contribution in [0.25, 0.3) is 11.1 Å².